The molecule has 1 aromatic carbocycles. The van der Waals surface area contributed by atoms with Crippen molar-refractivity contribution >= 4 is 41.1 Å². The van der Waals surface area contributed by atoms with Crippen LogP contribution in [0.2, 0.25) is 5.02 Å². The molecule has 0 aliphatic carbocycles. The fourth-order valence-corrected chi connectivity index (χ4v) is 3.51. The van der Waals surface area contributed by atoms with E-state index in [1.807, 2.05) is 0 Å². The number of anilines is 1. The molecular formula is C23H27ClN2O7. The van der Waals surface area contributed by atoms with Gasteiger partial charge in [0.1, 0.15) is 5.92 Å². The molecule has 9 nitrogen and oxygen atoms in total. The van der Waals surface area contributed by atoms with Crippen LogP contribution in [0.1, 0.15) is 33.3 Å². The van der Waals surface area contributed by atoms with Crippen LogP contribution in [0.25, 0.3) is 0 Å². The molecule has 33 heavy (non-hydrogen) atoms. The van der Waals surface area contributed by atoms with Gasteiger partial charge < -0.3 is 24.8 Å². The van der Waals surface area contributed by atoms with Crippen LogP contribution in [0.3, 0.4) is 0 Å². The van der Waals surface area contributed by atoms with Gasteiger partial charge in [-0.2, -0.15) is 0 Å². The Morgan fingerprint density at radius 2 is 1.48 bits per heavy atom. The van der Waals surface area contributed by atoms with Crippen molar-refractivity contribution in [3.05, 3.63) is 51.3 Å². The molecule has 1 aliphatic rings. The number of esters is 3. The second-order valence-corrected chi connectivity index (χ2v) is 7.55. The van der Waals surface area contributed by atoms with E-state index >= 15 is 0 Å². The second kappa shape index (κ2) is 11.5. The summed E-state index contributed by atoms with van der Waals surface area (Å²) in [5, 5.41) is 6.00. The van der Waals surface area contributed by atoms with Gasteiger partial charge in [-0.25, -0.2) is 9.59 Å². The fraction of sp³-hybridized carbons (Fsp3) is 0.391. The molecule has 2 N–H and O–H groups in total. The molecule has 0 radical (unpaired) electrons. The van der Waals surface area contributed by atoms with Gasteiger partial charge in [-0.15, -0.1) is 0 Å². The third-order valence-corrected chi connectivity index (χ3v) is 5.28. The topological polar surface area (TPSA) is 120 Å². The lowest BCUT2D eigenvalue weighted by atomic mass is 9.85. The van der Waals surface area contributed by atoms with Crippen molar-refractivity contribution in [2.45, 2.75) is 34.6 Å². The van der Waals surface area contributed by atoms with Crippen molar-refractivity contribution < 1.29 is 33.4 Å². The van der Waals surface area contributed by atoms with Gasteiger partial charge in [-0.05, 0) is 52.3 Å². The number of hydrogen-bond acceptors (Lipinski definition) is 8. The highest BCUT2D eigenvalue weighted by molar-refractivity contribution is 6.31. The molecule has 178 valence electrons. The van der Waals surface area contributed by atoms with Crippen LogP contribution < -0.4 is 10.6 Å². The average Bonchev–Trinajstić information content (AvgIpc) is 2.75. The van der Waals surface area contributed by atoms with Gasteiger partial charge in [0.2, 0.25) is 0 Å². The smallest absolute Gasteiger partial charge is 0.337 e. The van der Waals surface area contributed by atoms with Gasteiger partial charge >= 0.3 is 17.9 Å². The molecule has 1 amide bonds. The van der Waals surface area contributed by atoms with Crippen molar-refractivity contribution in [2.75, 3.05) is 25.1 Å². The Morgan fingerprint density at radius 1 is 0.939 bits per heavy atom. The number of dihydropyridines is 1. The molecule has 0 saturated heterocycles. The summed E-state index contributed by atoms with van der Waals surface area (Å²) in [7, 11) is 0. The molecule has 1 aromatic rings. The number of amides is 1. The number of hydrogen-bond donors (Lipinski definition) is 2. The van der Waals surface area contributed by atoms with Crippen LogP contribution >= 0.6 is 11.6 Å². The number of ether oxygens (including phenoxy) is 3. The van der Waals surface area contributed by atoms with Crippen molar-refractivity contribution in [3.63, 3.8) is 0 Å². The normalized spacial score (nSPS) is 13.9. The summed E-state index contributed by atoms with van der Waals surface area (Å²) in [6.45, 7) is 7.61. The molecule has 0 aromatic heterocycles. The zero-order valence-corrected chi connectivity index (χ0v) is 19.9. The van der Waals surface area contributed by atoms with Gasteiger partial charge in [0.25, 0.3) is 5.91 Å². The molecule has 0 atom stereocenters. The van der Waals surface area contributed by atoms with E-state index in [9.17, 15) is 19.2 Å². The highest BCUT2D eigenvalue weighted by atomic mass is 35.5. The van der Waals surface area contributed by atoms with E-state index in [2.05, 4.69) is 10.6 Å². The standard InChI is InChI=1S/C23H27ClN2O7/c1-6-31-21(28)18-13(4)25-14(5)19(22(29)32-7-2)20(18)23(30)33-11-17(27)26-16-10-8-9-15(24)12(16)3/h8-10,20,25H,6-7,11H2,1-5H3,(H,26,27). The lowest BCUT2D eigenvalue weighted by Crippen LogP contribution is -2.39. The zero-order chi connectivity index (χ0) is 24.7. The third-order valence-electron chi connectivity index (χ3n) is 4.87. The molecule has 10 heteroatoms. The van der Waals surface area contributed by atoms with Crippen molar-refractivity contribution in [1.29, 1.82) is 0 Å². The first-order valence-corrected chi connectivity index (χ1v) is 10.7. The molecule has 0 bridgehead atoms. The van der Waals surface area contributed by atoms with E-state index in [1.54, 1.807) is 52.8 Å². The van der Waals surface area contributed by atoms with Gasteiger partial charge in [0.15, 0.2) is 6.61 Å². The van der Waals surface area contributed by atoms with Crippen molar-refractivity contribution in [3.8, 4) is 0 Å². The lowest BCUT2D eigenvalue weighted by molar-refractivity contribution is -0.153. The number of carbonyl (C=O) groups is 4. The Labute approximate surface area is 197 Å². The van der Waals surface area contributed by atoms with Gasteiger partial charge in [0.05, 0.1) is 24.4 Å². The van der Waals surface area contributed by atoms with E-state index in [0.29, 0.717) is 27.7 Å². The van der Waals surface area contributed by atoms with E-state index in [4.69, 9.17) is 25.8 Å². The first-order valence-electron chi connectivity index (χ1n) is 10.4. The maximum absolute atomic E-state index is 13.1. The number of allylic oxidation sites excluding steroid dienone is 2. The summed E-state index contributed by atoms with van der Waals surface area (Å²) < 4.78 is 15.4. The Morgan fingerprint density at radius 3 is 2.00 bits per heavy atom. The van der Waals surface area contributed by atoms with E-state index in [1.165, 1.54) is 0 Å². The second-order valence-electron chi connectivity index (χ2n) is 7.14. The van der Waals surface area contributed by atoms with Crippen molar-refractivity contribution in [1.82, 2.24) is 5.32 Å². The lowest BCUT2D eigenvalue weighted by Gasteiger charge is -2.28. The molecule has 0 unspecified atom stereocenters. The number of benzene rings is 1. The first kappa shape index (κ1) is 25.9. The Kier molecular flexibility index (Phi) is 9.04. The Hall–Kier alpha value is -3.33. The molecular weight excluding hydrogens is 452 g/mol. The highest BCUT2D eigenvalue weighted by Crippen LogP contribution is 2.32. The minimum absolute atomic E-state index is 0.0657. The molecule has 0 spiro atoms. The van der Waals surface area contributed by atoms with Gasteiger partial charge in [0, 0.05) is 22.1 Å². The van der Waals surface area contributed by atoms with Crippen molar-refractivity contribution in [2.24, 2.45) is 5.92 Å². The summed E-state index contributed by atoms with van der Waals surface area (Å²) in [5.74, 6) is -4.54. The Balaban J connectivity index is 2.28. The summed E-state index contributed by atoms with van der Waals surface area (Å²) in [5.41, 5.74) is 1.63. The molecule has 1 aliphatic heterocycles. The van der Waals surface area contributed by atoms with Crippen LogP contribution in [0.4, 0.5) is 5.69 Å². The fourth-order valence-electron chi connectivity index (χ4n) is 3.34. The van der Waals surface area contributed by atoms with Crippen LogP contribution in [0, 0.1) is 12.8 Å². The number of halogens is 1. The summed E-state index contributed by atoms with van der Waals surface area (Å²) in [6, 6.07) is 5.01. The predicted molar refractivity (Wildman–Crippen MR) is 121 cm³/mol. The SMILES string of the molecule is CCOC(=O)C1=C(C)NC(C)=C(C(=O)OCC)C1C(=O)OCC(=O)Nc1cccc(Cl)c1C. The molecule has 0 saturated carbocycles. The molecule has 1 heterocycles. The maximum atomic E-state index is 13.1. The van der Waals surface area contributed by atoms with Crippen LogP contribution in [-0.2, 0) is 33.4 Å². The number of rotatable bonds is 8. The number of nitrogens with one attached hydrogen (secondary N) is 2. The third kappa shape index (κ3) is 6.13. The monoisotopic (exact) mass is 478 g/mol. The molecule has 2 rings (SSSR count). The highest BCUT2D eigenvalue weighted by Gasteiger charge is 2.42. The number of carbonyl (C=O) groups excluding carboxylic acids is 4. The quantitative estimate of drug-likeness (QED) is 0.432. The van der Waals surface area contributed by atoms with E-state index < -0.39 is 36.3 Å². The van der Waals surface area contributed by atoms with Crippen LogP contribution in [0.15, 0.2) is 40.7 Å². The minimum atomic E-state index is -1.41. The summed E-state index contributed by atoms with van der Waals surface area (Å²) in [4.78, 5) is 50.7. The largest absolute Gasteiger partial charge is 0.463 e. The Bertz CT molecular complexity index is 990. The van der Waals surface area contributed by atoms with Gasteiger partial charge in [-0.1, -0.05) is 17.7 Å². The van der Waals surface area contributed by atoms with E-state index in [-0.39, 0.29) is 24.4 Å². The summed E-state index contributed by atoms with van der Waals surface area (Å²) in [6.07, 6.45) is 0. The maximum Gasteiger partial charge on any atom is 0.337 e. The minimum Gasteiger partial charge on any atom is -0.463 e. The zero-order valence-electron chi connectivity index (χ0n) is 19.2. The van der Waals surface area contributed by atoms with Gasteiger partial charge in [-0.3, -0.25) is 9.59 Å². The predicted octanol–water partition coefficient (Wildman–Crippen LogP) is 3.02. The van der Waals surface area contributed by atoms with Crippen LogP contribution in [0.5, 0.6) is 0 Å². The average molecular weight is 479 g/mol. The first-order chi connectivity index (χ1) is 15.6. The van der Waals surface area contributed by atoms with E-state index in [0.717, 1.165) is 0 Å². The summed E-state index contributed by atoms with van der Waals surface area (Å²) >= 11 is 6.06. The van der Waals surface area contributed by atoms with Crippen LogP contribution in [-0.4, -0.2) is 43.6 Å². The molecule has 0 fully saturated rings.